The summed E-state index contributed by atoms with van der Waals surface area (Å²) in [6.07, 6.45) is -0.00825. The lowest BCUT2D eigenvalue weighted by molar-refractivity contribution is -0.161. The zero-order chi connectivity index (χ0) is 30.0. The molecule has 0 spiro atoms. The zero-order valence-electron chi connectivity index (χ0n) is 22.6. The van der Waals surface area contributed by atoms with Crippen LogP contribution in [0.5, 0.6) is 5.75 Å². The fourth-order valence-corrected chi connectivity index (χ4v) is 4.07. The van der Waals surface area contributed by atoms with Gasteiger partial charge < -0.3 is 20.7 Å². The van der Waals surface area contributed by atoms with Crippen LogP contribution in [0.15, 0.2) is 48.5 Å². The first-order valence-electron chi connectivity index (χ1n) is 12.6. The lowest BCUT2D eigenvalue weighted by Gasteiger charge is -2.27. The molecular weight excluding hydrogens is 567 g/mol. The number of alkyl halides is 2. The number of Topliss-reactive ketones (excluding diaryl/α,β-unsaturated/α-hetero) is 1. The summed E-state index contributed by atoms with van der Waals surface area (Å²) in [5, 5.41) is 7.49. The SMILES string of the molecule is CC(C)CNC(=O)C(F)(F)C(=O)[C@@H](NC(=O)C(Cc1ccccc1)NC(=O)COc1cc(Cl)cc(Cl)c1)C(C)C. The van der Waals surface area contributed by atoms with Crippen molar-refractivity contribution in [2.75, 3.05) is 13.2 Å². The Balaban J connectivity index is 2.19. The minimum Gasteiger partial charge on any atom is -0.484 e. The second-order valence-electron chi connectivity index (χ2n) is 9.98. The highest BCUT2D eigenvalue weighted by molar-refractivity contribution is 6.34. The summed E-state index contributed by atoms with van der Waals surface area (Å²) in [5.74, 6) is -10.1. The van der Waals surface area contributed by atoms with E-state index in [-0.39, 0.29) is 24.6 Å². The Hall–Kier alpha value is -3.24. The third-order valence-electron chi connectivity index (χ3n) is 5.65. The molecule has 2 atom stereocenters. The number of carbonyl (C=O) groups is 4. The van der Waals surface area contributed by atoms with Gasteiger partial charge in [0.05, 0.1) is 6.04 Å². The van der Waals surface area contributed by atoms with E-state index in [4.69, 9.17) is 27.9 Å². The Kier molecular flexibility index (Phi) is 12.3. The van der Waals surface area contributed by atoms with Crippen LogP contribution in [0.3, 0.4) is 0 Å². The molecule has 0 aliphatic rings. The summed E-state index contributed by atoms with van der Waals surface area (Å²) in [6.45, 7) is 5.80. The average Bonchev–Trinajstić information content (AvgIpc) is 2.88. The maximum atomic E-state index is 14.8. The molecule has 0 aromatic heterocycles. The minimum absolute atomic E-state index is 0.00825. The molecule has 2 aromatic rings. The van der Waals surface area contributed by atoms with Crippen LogP contribution in [0, 0.1) is 11.8 Å². The molecular formula is C28H33Cl2F2N3O5. The van der Waals surface area contributed by atoms with Crippen molar-refractivity contribution in [1.82, 2.24) is 16.0 Å². The molecule has 0 bridgehead atoms. The molecule has 0 heterocycles. The van der Waals surface area contributed by atoms with Gasteiger partial charge in [-0.05, 0) is 35.6 Å². The van der Waals surface area contributed by atoms with Gasteiger partial charge in [-0.25, -0.2) is 0 Å². The number of halogens is 4. The molecule has 218 valence electrons. The van der Waals surface area contributed by atoms with Crippen molar-refractivity contribution in [3.05, 3.63) is 64.1 Å². The Bertz CT molecular complexity index is 1180. The molecule has 0 aliphatic carbocycles. The van der Waals surface area contributed by atoms with Crippen LogP contribution in [0.1, 0.15) is 33.3 Å². The van der Waals surface area contributed by atoms with E-state index in [0.29, 0.717) is 15.6 Å². The zero-order valence-corrected chi connectivity index (χ0v) is 24.1. The average molecular weight is 600 g/mol. The number of rotatable bonds is 14. The number of amides is 3. The molecule has 2 aromatic carbocycles. The molecule has 0 radical (unpaired) electrons. The summed E-state index contributed by atoms with van der Waals surface area (Å²) >= 11 is 11.9. The second-order valence-corrected chi connectivity index (χ2v) is 10.8. The smallest absolute Gasteiger partial charge is 0.383 e. The van der Waals surface area contributed by atoms with Gasteiger partial charge in [-0.15, -0.1) is 0 Å². The van der Waals surface area contributed by atoms with E-state index in [1.807, 2.05) is 0 Å². The highest BCUT2D eigenvalue weighted by Gasteiger charge is 2.51. The first-order valence-corrected chi connectivity index (χ1v) is 13.4. The van der Waals surface area contributed by atoms with Gasteiger partial charge in [0.2, 0.25) is 11.7 Å². The topological polar surface area (TPSA) is 114 Å². The molecule has 40 heavy (non-hydrogen) atoms. The Morgan fingerprint density at radius 3 is 2.08 bits per heavy atom. The largest absolute Gasteiger partial charge is 0.484 e. The van der Waals surface area contributed by atoms with Gasteiger partial charge in [-0.1, -0.05) is 81.2 Å². The summed E-state index contributed by atoms with van der Waals surface area (Å²) in [4.78, 5) is 50.9. The summed E-state index contributed by atoms with van der Waals surface area (Å²) < 4.78 is 35.0. The Morgan fingerprint density at radius 1 is 0.925 bits per heavy atom. The van der Waals surface area contributed by atoms with Crippen molar-refractivity contribution in [3.8, 4) is 5.75 Å². The molecule has 12 heteroatoms. The lowest BCUT2D eigenvalue weighted by atomic mass is 9.94. The van der Waals surface area contributed by atoms with Gasteiger partial charge in [0, 0.05) is 23.0 Å². The van der Waals surface area contributed by atoms with Crippen molar-refractivity contribution < 1.29 is 32.7 Å². The van der Waals surface area contributed by atoms with E-state index in [9.17, 15) is 28.0 Å². The second kappa shape index (κ2) is 14.9. The number of ether oxygens (including phenoxy) is 1. The van der Waals surface area contributed by atoms with Crippen molar-refractivity contribution >= 4 is 46.7 Å². The standard InChI is InChI=1S/C28H33Cl2F2N3O5/c1-16(2)14-33-27(39)28(31,32)25(37)24(17(3)4)35-26(38)22(10-18-8-6-5-7-9-18)34-23(36)15-40-21-12-19(29)11-20(30)13-21/h5-9,11-13,16-17,22,24H,10,14-15H2,1-4H3,(H,33,39)(H,34,36)(H,35,38)/t22?,24-/m0/s1. The number of benzene rings is 2. The van der Waals surface area contributed by atoms with E-state index < -0.39 is 54.0 Å². The molecule has 3 amide bonds. The maximum absolute atomic E-state index is 14.8. The molecule has 0 saturated heterocycles. The fraction of sp³-hybridized carbons (Fsp3) is 0.429. The van der Waals surface area contributed by atoms with Crippen LogP contribution in [0.2, 0.25) is 10.0 Å². The number of carbonyl (C=O) groups excluding carboxylic acids is 4. The normalized spacial score (nSPS) is 12.9. The number of nitrogens with one attached hydrogen (secondary N) is 3. The fourth-order valence-electron chi connectivity index (χ4n) is 3.56. The molecule has 2 rings (SSSR count). The van der Waals surface area contributed by atoms with E-state index in [1.54, 1.807) is 44.2 Å². The highest BCUT2D eigenvalue weighted by atomic mass is 35.5. The maximum Gasteiger partial charge on any atom is 0.383 e. The van der Waals surface area contributed by atoms with Crippen LogP contribution in [-0.2, 0) is 25.6 Å². The van der Waals surface area contributed by atoms with Gasteiger partial charge in [0.25, 0.3) is 11.8 Å². The first-order chi connectivity index (χ1) is 18.7. The summed E-state index contributed by atoms with van der Waals surface area (Å²) in [7, 11) is 0. The number of hydrogen-bond acceptors (Lipinski definition) is 5. The van der Waals surface area contributed by atoms with E-state index in [0.717, 1.165) is 0 Å². The molecule has 0 aliphatic heterocycles. The van der Waals surface area contributed by atoms with Gasteiger partial charge >= 0.3 is 5.92 Å². The number of ketones is 1. The van der Waals surface area contributed by atoms with Crippen molar-refractivity contribution in [2.45, 2.75) is 52.1 Å². The monoisotopic (exact) mass is 599 g/mol. The van der Waals surface area contributed by atoms with Crippen molar-refractivity contribution in [2.24, 2.45) is 11.8 Å². The van der Waals surface area contributed by atoms with Gasteiger partial charge in [0.1, 0.15) is 11.8 Å². The van der Waals surface area contributed by atoms with Crippen LogP contribution >= 0.6 is 23.2 Å². The Morgan fingerprint density at radius 2 is 1.52 bits per heavy atom. The summed E-state index contributed by atoms with van der Waals surface area (Å²) in [5.41, 5.74) is 0.663. The van der Waals surface area contributed by atoms with Crippen molar-refractivity contribution in [3.63, 3.8) is 0 Å². The third kappa shape index (κ3) is 10.1. The molecule has 1 unspecified atom stereocenters. The van der Waals surface area contributed by atoms with Crippen LogP contribution in [0.4, 0.5) is 8.78 Å². The molecule has 3 N–H and O–H groups in total. The highest BCUT2D eigenvalue weighted by Crippen LogP contribution is 2.24. The van der Waals surface area contributed by atoms with E-state index >= 15 is 0 Å². The van der Waals surface area contributed by atoms with Gasteiger partial charge in [0.15, 0.2) is 6.61 Å². The van der Waals surface area contributed by atoms with E-state index in [2.05, 4.69) is 16.0 Å². The van der Waals surface area contributed by atoms with Crippen LogP contribution in [-0.4, -0.2) is 54.7 Å². The van der Waals surface area contributed by atoms with E-state index in [1.165, 1.54) is 32.0 Å². The van der Waals surface area contributed by atoms with Gasteiger partial charge in [-0.2, -0.15) is 8.78 Å². The Labute approximate surface area is 242 Å². The quantitative estimate of drug-likeness (QED) is 0.281. The molecule has 0 fully saturated rings. The predicted octanol–water partition coefficient (Wildman–Crippen LogP) is 4.22. The molecule has 8 nitrogen and oxygen atoms in total. The summed E-state index contributed by atoms with van der Waals surface area (Å²) in [6, 6.07) is 10.1. The number of hydrogen-bond donors (Lipinski definition) is 3. The third-order valence-corrected chi connectivity index (χ3v) is 6.09. The minimum atomic E-state index is -4.37. The predicted molar refractivity (Wildman–Crippen MR) is 149 cm³/mol. The van der Waals surface area contributed by atoms with Crippen LogP contribution < -0.4 is 20.7 Å². The lowest BCUT2D eigenvalue weighted by Crippen LogP contribution is -2.59. The van der Waals surface area contributed by atoms with Gasteiger partial charge in [-0.3, -0.25) is 19.2 Å². The first kappa shape index (κ1) is 33.0. The van der Waals surface area contributed by atoms with Crippen molar-refractivity contribution in [1.29, 1.82) is 0 Å². The molecule has 0 saturated carbocycles. The van der Waals surface area contributed by atoms with Crippen LogP contribution in [0.25, 0.3) is 0 Å².